The number of carbonyl (C=O) groups is 1. The van der Waals surface area contributed by atoms with Gasteiger partial charge in [-0.25, -0.2) is 4.98 Å². The van der Waals surface area contributed by atoms with E-state index in [1.165, 1.54) is 17.4 Å². The lowest BCUT2D eigenvalue weighted by atomic mass is 10.1. The van der Waals surface area contributed by atoms with Crippen LogP contribution < -0.4 is 23.8 Å². The second kappa shape index (κ2) is 11.7. The number of hydrogen-bond acceptors (Lipinski definition) is 8. The standard InChI is InChI=1S/C25H31N3O5S/c1-7-33-18-9-10-19-22(16-18)34-25(26-19)28(13-12-27(2)3)23(29)11-8-17-14-20(30-4)24(32-6)21(15-17)31-5/h8-11,14-16H,7,12-13H2,1-6H3/b11-8+. The lowest BCUT2D eigenvalue weighted by Crippen LogP contribution is -2.35. The van der Waals surface area contributed by atoms with Crippen molar-refractivity contribution in [3.05, 3.63) is 42.0 Å². The molecule has 0 aliphatic heterocycles. The van der Waals surface area contributed by atoms with E-state index in [4.69, 9.17) is 23.9 Å². The maximum Gasteiger partial charge on any atom is 0.252 e. The van der Waals surface area contributed by atoms with Crippen molar-refractivity contribution in [3.8, 4) is 23.0 Å². The summed E-state index contributed by atoms with van der Waals surface area (Å²) in [4.78, 5) is 21.7. The van der Waals surface area contributed by atoms with Crippen molar-refractivity contribution in [1.82, 2.24) is 9.88 Å². The number of nitrogens with zero attached hydrogens (tertiary/aromatic N) is 3. The van der Waals surface area contributed by atoms with E-state index in [2.05, 4.69) is 0 Å². The normalized spacial score (nSPS) is 11.3. The second-order valence-electron chi connectivity index (χ2n) is 7.64. The van der Waals surface area contributed by atoms with Crippen LogP contribution in [0.5, 0.6) is 23.0 Å². The Hall–Kier alpha value is -3.30. The molecule has 34 heavy (non-hydrogen) atoms. The number of thiazole rings is 1. The number of fused-ring (bicyclic) bond motifs is 1. The number of hydrogen-bond donors (Lipinski definition) is 0. The highest BCUT2D eigenvalue weighted by Gasteiger charge is 2.19. The summed E-state index contributed by atoms with van der Waals surface area (Å²) in [5, 5.41) is 0.644. The van der Waals surface area contributed by atoms with Crippen LogP contribution in [0.25, 0.3) is 16.3 Å². The molecule has 8 nitrogen and oxygen atoms in total. The molecule has 0 saturated carbocycles. The molecule has 3 aromatic rings. The van der Waals surface area contributed by atoms with Gasteiger partial charge in [0.2, 0.25) is 5.75 Å². The largest absolute Gasteiger partial charge is 0.494 e. The van der Waals surface area contributed by atoms with Crippen LogP contribution in [0.4, 0.5) is 5.13 Å². The van der Waals surface area contributed by atoms with Gasteiger partial charge in [-0.3, -0.25) is 9.69 Å². The number of rotatable bonds is 11. The van der Waals surface area contributed by atoms with Gasteiger partial charge in [0.05, 0.1) is 38.2 Å². The summed E-state index contributed by atoms with van der Waals surface area (Å²) in [6.45, 7) is 3.74. The third-order valence-corrected chi connectivity index (χ3v) is 6.07. The van der Waals surface area contributed by atoms with E-state index in [0.717, 1.165) is 21.5 Å². The van der Waals surface area contributed by atoms with Crippen molar-refractivity contribution >= 4 is 38.7 Å². The molecule has 0 saturated heterocycles. The Morgan fingerprint density at radius 2 is 1.74 bits per heavy atom. The number of methoxy groups -OCH3 is 3. The third-order valence-electron chi connectivity index (χ3n) is 5.03. The molecule has 0 bridgehead atoms. The summed E-state index contributed by atoms with van der Waals surface area (Å²) in [7, 11) is 8.62. The van der Waals surface area contributed by atoms with Crippen LogP contribution >= 0.6 is 11.3 Å². The zero-order valence-electron chi connectivity index (χ0n) is 20.5. The molecule has 0 aliphatic rings. The summed E-state index contributed by atoms with van der Waals surface area (Å²) in [5.74, 6) is 2.17. The van der Waals surface area contributed by atoms with E-state index < -0.39 is 0 Å². The van der Waals surface area contributed by atoms with Crippen LogP contribution in [0.2, 0.25) is 0 Å². The quantitative estimate of drug-likeness (QED) is 0.374. The van der Waals surface area contributed by atoms with Crippen molar-refractivity contribution < 1.29 is 23.7 Å². The zero-order chi connectivity index (χ0) is 24.7. The number of carbonyl (C=O) groups excluding carboxylic acids is 1. The molecule has 0 fully saturated rings. The SMILES string of the molecule is CCOc1ccc2nc(N(CCN(C)C)C(=O)/C=C/c3cc(OC)c(OC)c(OC)c3)sc2c1. The predicted octanol–water partition coefficient (Wildman–Crippen LogP) is 4.33. The van der Waals surface area contributed by atoms with Crippen molar-refractivity contribution in [2.24, 2.45) is 0 Å². The van der Waals surface area contributed by atoms with Gasteiger partial charge in [0.15, 0.2) is 16.6 Å². The number of likely N-dealkylation sites (N-methyl/N-ethyl adjacent to an activating group) is 1. The van der Waals surface area contributed by atoms with Crippen molar-refractivity contribution in [1.29, 1.82) is 0 Å². The van der Waals surface area contributed by atoms with E-state index in [1.54, 1.807) is 44.4 Å². The van der Waals surface area contributed by atoms with E-state index in [-0.39, 0.29) is 5.91 Å². The first-order valence-electron chi connectivity index (χ1n) is 10.9. The monoisotopic (exact) mass is 485 g/mol. The van der Waals surface area contributed by atoms with Crippen molar-refractivity contribution in [2.75, 3.05) is 60.0 Å². The van der Waals surface area contributed by atoms with E-state index in [9.17, 15) is 4.79 Å². The number of aromatic nitrogens is 1. The minimum absolute atomic E-state index is 0.167. The van der Waals surface area contributed by atoms with Gasteiger partial charge >= 0.3 is 0 Å². The molecule has 0 aliphatic carbocycles. The number of anilines is 1. The Morgan fingerprint density at radius 1 is 1.03 bits per heavy atom. The molecule has 182 valence electrons. The summed E-state index contributed by atoms with van der Waals surface area (Å²) in [5.41, 5.74) is 1.58. The van der Waals surface area contributed by atoms with Gasteiger partial charge in [0, 0.05) is 19.2 Å². The Bertz CT molecular complexity index is 1130. The molecule has 1 amide bonds. The molecule has 0 spiro atoms. The fraction of sp³-hybridized carbons (Fsp3) is 0.360. The van der Waals surface area contributed by atoms with Crippen LogP contribution in [0.1, 0.15) is 12.5 Å². The van der Waals surface area contributed by atoms with Gasteiger partial charge in [-0.15, -0.1) is 0 Å². The van der Waals surface area contributed by atoms with Crippen molar-refractivity contribution in [3.63, 3.8) is 0 Å². The maximum absolute atomic E-state index is 13.3. The Balaban J connectivity index is 1.91. The molecule has 2 aromatic carbocycles. The average Bonchev–Trinajstić information content (AvgIpc) is 3.25. The molecule has 0 radical (unpaired) electrons. The first kappa shape index (κ1) is 25.3. The van der Waals surface area contributed by atoms with Gasteiger partial charge in [-0.2, -0.15) is 0 Å². The molecule has 0 atom stereocenters. The highest BCUT2D eigenvalue weighted by atomic mass is 32.1. The molecule has 1 heterocycles. The van der Waals surface area contributed by atoms with Gasteiger partial charge in [-0.05, 0) is 63.0 Å². The molecule has 0 N–H and O–H groups in total. The predicted molar refractivity (Wildman–Crippen MR) is 137 cm³/mol. The van der Waals surface area contributed by atoms with Crippen LogP contribution in [0.3, 0.4) is 0 Å². The van der Waals surface area contributed by atoms with Crippen LogP contribution in [-0.4, -0.2) is 70.9 Å². The number of benzene rings is 2. The van der Waals surface area contributed by atoms with E-state index in [0.29, 0.717) is 42.1 Å². The minimum Gasteiger partial charge on any atom is -0.494 e. The van der Waals surface area contributed by atoms with Gasteiger partial charge in [0.25, 0.3) is 5.91 Å². The van der Waals surface area contributed by atoms with Gasteiger partial charge in [-0.1, -0.05) is 11.3 Å². The molecule has 1 aromatic heterocycles. The Morgan fingerprint density at radius 3 is 2.32 bits per heavy atom. The van der Waals surface area contributed by atoms with Gasteiger partial charge in [0.1, 0.15) is 5.75 Å². The summed E-state index contributed by atoms with van der Waals surface area (Å²) in [6, 6.07) is 9.36. The van der Waals surface area contributed by atoms with Crippen molar-refractivity contribution in [2.45, 2.75) is 6.92 Å². The van der Waals surface area contributed by atoms with E-state index >= 15 is 0 Å². The molecule has 3 rings (SSSR count). The highest BCUT2D eigenvalue weighted by molar-refractivity contribution is 7.22. The fourth-order valence-electron chi connectivity index (χ4n) is 3.32. The van der Waals surface area contributed by atoms with Crippen LogP contribution in [0, 0.1) is 0 Å². The summed E-state index contributed by atoms with van der Waals surface area (Å²) < 4.78 is 22.8. The van der Waals surface area contributed by atoms with Crippen LogP contribution in [0.15, 0.2) is 36.4 Å². The van der Waals surface area contributed by atoms with Crippen LogP contribution in [-0.2, 0) is 4.79 Å². The topological polar surface area (TPSA) is 73.4 Å². The Labute approximate surface area is 204 Å². The molecular formula is C25H31N3O5S. The van der Waals surface area contributed by atoms with E-state index in [1.807, 2.05) is 44.1 Å². The lowest BCUT2D eigenvalue weighted by molar-refractivity contribution is -0.114. The summed E-state index contributed by atoms with van der Waals surface area (Å²) in [6.07, 6.45) is 3.27. The minimum atomic E-state index is -0.167. The molecule has 0 unspecified atom stereocenters. The first-order valence-corrected chi connectivity index (χ1v) is 11.7. The second-order valence-corrected chi connectivity index (χ2v) is 8.65. The molecule has 9 heteroatoms. The smallest absolute Gasteiger partial charge is 0.252 e. The average molecular weight is 486 g/mol. The van der Waals surface area contributed by atoms with Gasteiger partial charge < -0.3 is 23.8 Å². The lowest BCUT2D eigenvalue weighted by Gasteiger charge is -2.20. The number of ether oxygens (including phenoxy) is 4. The maximum atomic E-state index is 13.3. The third kappa shape index (κ3) is 5.98. The summed E-state index contributed by atoms with van der Waals surface area (Å²) >= 11 is 1.47. The highest BCUT2D eigenvalue weighted by Crippen LogP contribution is 2.38. The molecular weight excluding hydrogens is 454 g/mol. The first-order chi connectivity index (χ1) is 16.4. The fourth-order valence-corrected chi connectivity index (χ4v) is 4.35. The zero-order valence-corrected chi connectivity index (χ0v) is 21.3. The Kier molecular flexibility index (Phi) is 8.72. The number of amides is 1.